The van der Waals surface area contributed by atoms with Crippen LogP contribution in [0.3, 0.4) is 0 Å². The summed E-state index contributed by atoms with van der Waals surface area (Å²) in [6.45, 7) is 0.0129. The third kappa shape index (κ3) is 4.03. The Labute approximate surface area is 85.2 Å². The number of amides is 1. The minimum atomic E-state index is -0.657. The predicted molar refractivity (Wildman–Crippen MR) is 47.9 cm³/mol. The predicted octanol–water partition coefficient (Wildman–Crippen LogP) is -0.0889. The van der Waals surface area contributed by atoms with Gasteiger partial charge in [0.25, 0.3) is 5.91 Å². The van der Waals surface area contributed by atoms with Gasteiger partial charge >= 0.3 is 5.09 Å². The highest BCUT2D eigenvalue weighted by Gasteiger charge is 2.06. The molecule has 7 nitrogen and oxygen atoms in total. The molecule has 0 bridgehead atoms. The number of hydrogen-bond donors (Lipinski definition) is 2. The molecule has 2 N–H and O–H groups in total. The molecule has 1 heterocycles. The molecule has 0 aliphatic rings. The Balaban J connectivity index is 2.28. The zero-order chi connectivity index (χ0) is 11.1. The van der Waals surface area contributed by atoms with Gasteiger partial charge in [0, 0.05) is 12.4 Å². The fourth-order valence-corrected chi connectivity index (χ4v) is 0.887. The van der Waals surface area contributed by atoms with Gasteiger partial charge in [-0.1, -0.05) is 0 Å². The summed E-state index contributed by atoms with van der Waals surface area (Å²) in [5, 5.41) is 9.88. The molecule has 0 radical (unpaired) electrons. The molecule has 0 fully saturated rings. The number of pyridine rings is 1. The van der Waals surface area contributed by atoms with Crippen molar-refractivity contribution >= 4 is 5.91 Å². The van der Waals surface area contributed by atoms with Crippen LogP contribution in [0.1, 0.15) is 10.4 Å². The van der Waals surface area contributed by atoms with Crippen molar-refractivity contribution in [1.29, 1.82) is 0 Å². The van der Waals surface area contributed by atoms with Crippen molar-refractivity contribution in [3.05, 3.63) is 35.0 Å². The van der Waals surface area contributed by atoms with E-state index in [0.29, 0.717) is 5.56 Å². The third-order valence-electron chi connectivity index (χ3n) is 1.51. The number of hydrogen-bond acceptors (Lipinski definition) is 4. The second-order valence-corrected chi connectivity index (χ2v) is 2.57. The van der Waals surface area contributed by atoms with Crippen LogP contribution < -0.4 is 5.32 Å². The third-order valence-corrected chi connectivity index (χ3v) is 1.51. The van der Waals surface area contributed by atoms with Crippen LogP contribution in [0, 0.1) is 4.91 Å². The number of nitrogens with one attached hydrogen (secondary N) is 1. The van der Waals surface area contributed by atoms with Crippen LogP contribution in [0.15, 0.2) is 24.5 Å². The maximum atomic E-state index is 11.3. The number of carbonyl (C=O) groups excluding carboxylic acids is 1. The standard InChI is InChI=1S/C8H9N3O4/c12-8(7-2-1-3-9-6-7)10-4-5-15-11(13)14/h1-3,6H,4-5H2,(H-,10,12,13,14)/p+1. The van der Waals surface area contributed by atoms with Gasteiger partial charge in [-0.3, -0.25) is 9.78 Å². The zero-order valence-electron chi connectivity index (χ0n) is 7.79. The summed E-state index contributed by atoms with van der Waals surface area (Å²) in [4.78, 5) is 29.1. The van der Waals surface area contributed by atoms with Crippen LogP contribution in [-0.2, 0) is 4.84 Å². The smallest absolute Gasteiger partial charge is 0.348 e. The summed E-state index contributed by atoms with van der Waals surface area (Å²) in [6.07, 6.45) is 2.98. The van der Waals surface area contributed by atoms with Crippen molar-refractivity contribution in [3.8, 4) is 0 Å². The van der Waals surface area contributed by atoms with Crippen molar-refractivity contribution in [3.63, 3.8) is 0 Å². The molecular weight excluding hydrogens is 202 g/mol. The Bertz CT molecular complexity index is 341. The number of aromatic nitrogens is 1. The SMILES string of the molecule is O=C(NCCO[N+](=O)O)c1cccnc1. The molecular formula is C8H10N3O4+. The molecule has 7 heteroatoms. The van der Waals surface area contributed by atoms with Crippen LogP contribution in [0.4, 0.5) is 0 Å². The van der Waals surface area contributed by atoms with E-state index in [2.05, 4.69) is 15.1 Å². The molecule has 0 saturated carbocycles. The second-order valence-electron chi connectivity index (χ2n) is 2.57. The second kappa shape index (κ2) is 5.53. The maximum Gasteiger partial charge on any atom is 0.475 e. The normalized spacial score (nSPS) is 9.33. The van der Waals surface area contributed by atoms with E-state index >= 15 is 0 Å². The van der Waals surface area contributed by atoms with Crippen LogP contribution in [0.5, 0.6) is 0 Å². The molecule has 1 aromatic rings. The minimum absolute atomic E-state index is 0.105. The summed E-state index contributed by atoms with van der Waals surface area (Å²) < 4.78 is 0. The Morgan fingerprint density at radius 3 is 3.07 bits per heavy atom. The summed E-state index contributed by atoms with van der Waals surface area (Å²) in [6, 6.07) is 3.24. The molecule has 0 spiro atoms. The van der Waals surface area contributed by atoms with Crippen LogP contribution >= 0.6 is 0 Å². The highest BCUT2D eigenvalue weighted by molar-refractivity contribution is 5.93. The van der Waals surface area contributed by atoms with Crippen LogP contribution in [0.25, 0.3) is 0 Å². The van der Waals surface area contributed by atoms with Gasteiger partial charge in [0.1, 0.15) is 4.91 Å². The first-order valence-electron chi connectivity index (χ1n) is 4.17. The zero-order valence-corrected chi connectivity index (χ0v) is 7.79. The molecule has 1 aromatic heterocycles. The maximum absolute atomic E-state index is 11.3. The Morgan fingerprint density at radius 2 is 2.47 bits per heavy atom. The summed E-state index contributed by atoms with van der Waals surface area (Å²) >= 11 is 0. The summed E-state index contributed by atoms with van der Waals surface area (Å²) in [7, 11) is 0. The lowest BCUT2D eigenvalue weighted by molar-refractivity contribution is -0.975. The molecule has 1 rings (SSSR count). The first-order valence-corrected chi connectivity index (χ1v) is 4.17. The quantitative estimate of drug-likeness (QED) is 0.525. The van der Waals surface area contributed by atoms with E-state index in [1.54, 1.807) is 18.3 Å². The highest BCUT2D eigenvalue weighted by Crippen LogP contribution is 1.94. The van der Waals surface area contributed by atoms with Gasteiger partial charge in [-0.25, -0.2) is 5.21 Å². The van der Waals surface area contributed by atoms with Gasteiger partial charge in [-0.15, -0.1) is 0 Å². The molecule has 15 heavy (non-hydrogen) atoms. The molecule has 0 unspecified atom stereocenters. The summed E-state index contributed by atoms with van der Waals surface area (Å²) in [5.41, 5.74) is 0.417. The van der Waals surface area contributed by atoms with E-state index in [9.17, 15) is 9.70 Å². The van der Waals surface area contributed by atoms with Crippen molar-refractivity contribution < 1.29 is 19.9 Å². The molecule has 0 aliphatic carbocycles. The lowest BCUT2D eigenvalue weighted by Gasteiger charge is -2.01. The lowest BCUT2D eigenvalue weighted by atomic mass is 10.3. The Hall–Kier alpha value is -2.18. The van der Waals surface area contributed by atoms with Crippen molar-refractivity contribution in [2.75, 3.05) is 13.2 Å². The van der Waals surface area contributed by atoms with E-state index < -0.39 is 5.09 Å². The first-order chi connectivity index (χ1) is 7.20. The molecule has 0 saturated heterocycles. The van der Waals surface area contributed by atoms with E-state index in [1.807, 2.05) is 0 Å². The van der Waals surface area contributed by atoms with Gasteiger partial charge in [0.15, 0.2) is 6.61 Å². The number of rotatable bonds is 5. The first kappa shape index (κ1) is 10.9. The van der Waals surface area contributed by atoms with Crippen LogP contribution in [-0.4, -0.2) is 34.3 Å². The average molecular weight is 212 g/mol. The largest absolute Gasteiger partial charge is 0.475 e. The van der Waals surface area contributed by atoms with E-state index in [0.717, 1.165) is 0 Å². The van der Waals surface area contributed by atoms with Gasteiger partial charge < -0.3 is 5.32 Å². The Kier molecular flexibility index (Phi) is 4.02. The lowest BCUT2D eigenvalue weighted by Crippen LogP contribution is -2.28. The minimum Gasteiger partial charge on any atom is -0.348 e. The summed E-state index contributed by atoms with van der Waals surface area (Å²) in [5.74, 6) is -0.318. The molecule has 0 aromatic carbocycles. The van der Waals surface area contributed by atoms with Crippen molar-refractivity contribution in [2.24, 2.45) is 0 Å². The van der Waals surface area contributed by atoms with Gasteiger partial charge in [-0.05, 0) is 12.1 Å². The Morgan fingerprint density at radius 1 is 1.67 bits per heavy atom. The van der Waals surface area contributed by atoms with Crippen molar-refractivity contribution in [1.82, 2.24) is 10.3 Å². The molecule has 80 valence electrons. The number of carbonyl (C=O) groups is 1. The number of nitrogens with zero attached hydrogens (tertiary/aromatic N) is 2. The van der Waals surface area contributed by atoms with Gasteiger partial charge in [0.2, 0.25) is 0 Å². The van der Waals surface area contributed by atoms with E-state index in [4.69, 9.17) is 5.21 Å². The fraction of sp³-hybridized carbons (Fsp3) is 0.250. The molecule has 0 aliphatic heterocycles. The van der Waals surface area contributed by atoms with E-state index in [-0.39, 0.29) is 19.1 Å². The van der Waals surface area contributed by atoms with Gasteiger partial charge in [-0.2, -0.15) is 4.84 Å². The highest BCUT2D eigenvalue weighted by atomic mass is 16.9. The topological polar surface area (TPSA) is 91.5 Å². The van der Waals surface area contributed by atoms with Crippen molar-refractivity contribution in [2.45, 2.75) is 0 Å². The van der Waals surface area contributed by atoms with Gasteiger partial charge in [0.05, 0.1) is 12.1 Å². The monoisotopic (exact) mass is 212 g/mol. The fourth-order valence-electron chi connectivity index (χ4n) is 0.887. The molecule has 1 amide bonds. The van der Waals surface area contributed by atoms with Crippen LogP contribution in [0.2, 0.25) is 0 Å². The van der Waals surface area contributed by atoms with E-state index in [1.165, 1.54) is 6.20 Å². The molecule has 0 atom stereocenters. The average Bonchev–Trinajstić information content (AvgIpc) is 2.25.